The lowest BCUT2D eigenvalue weighted by Crippen LogP contribution is -2.44. The van der Waals surface area contributed by atoms with Crippen LogP contribution in [0, 0.1) is 11.8 Å². The molecule has 4 heteroatoms. The topological polar surface area (TPSA) is 30.9 Å². The Balaban J connectivity index is 2.30. The molecule has 0 aromatic rings. The number of hydrogen-bond donors (Lipinski definition) is 1. The lowest BCUT2D eigenvalue weighted by atomic mass is 9.83. The maximum Gasteiger partial charge on any atom is 0.193 e. The number of guanidine groups is 1. The molecule has 20 heavy (non-hydrogen) atoms. The first-order chi connectivity index (χ1) is 9.56. The molecule has 0 saturated heterocycles. The Morgan fingerprint density at radius 3 is 2.40 bits per heavy atom. The molecule has 0 unspecified atom stereocenters. The molecule has 1 fully saturated rings. The van der Waals surface area contributed by atoms with Gasteiger partial charge in [-0.2, -0.15) is 0 Å². The minimum Gasteiger partial charge on any atom is -0.355 e. The van der Waals surface area contributed by atoms with Crippen LogP contribution >= 0.6 is 0 Å². The SMILES string of the molecule is CCN(C)CCNC(=NC)N(C)CC1CCC(C)CC1. The highest BCUT2D eigenvalue weighted by molar-refractivity contribution is 5.79. The van der Waals surface area contributed by atoms with Gasteiger partial charge in [-0.05, 0) is 38.3 Å². The fourth-order valence-electron chi connectivity index (χ4n) is 2.89. The fourth-order valence-corrected chi connectivity index (χ4v) is 2.89. The maximum absolute atomic E-state index is 4.40. The zero-order chi connectivity index (χ0) is 15.0. The Morgan fingerprint density at radius 1 is 1.20 bits per heavy atom. The maximum atomic E-state index is 4.40. The molecule has 1 aliphatic carbocycles. The molecule has 0 amide bonds. The molecule has 0 aromatic heterocycles. The van der Waals surface area contributed by atoms with Gasteiger partial charge in [0.25, 0.3) is 0 Å². The molecule has 0 bridgehead atoms. The van der Waals surface area contributed by atoms with Gasteiger partial charge in [0.05, 0.1) is 0 Å². The van der Waals surface area contributed by atoms with Crippen LogP contribution in [0.4, 0.5) is 0 Å². The summed E-state index contributed by atoms with van der Waals surface area (Å²) in [6.45, 7) is 8.81. The highest BCUT2D eigenvalue weighted by Gasteiger charge is 2.20. The van der Waals surface area contributed by atoms with Gasteiger partial charge in [-0.3, -0.25) is 4.99 Å². The molecule has 1 rings (SSSR count). The number of rotatable bonds is 6. The van der Waals surface area contributed by atoms with Crippen LogP contribution < -0.4 is 5.32 Å². The van der Waals surface area contributed by atoms with E-state index in [0.717, 1.165) is 44.0 Å². The van der Waals surface area contributed by atoms with E-state index in [0.29, 0.717) is 0 Å². The van der Waals surface area contributed by atoms with Gasteiger partial charge in [0, 0.05) is 33.7 Å². The van der Waals surface area contributed by atoms with E-state index >= 15 is 0 Å². The zero-order valence-electron chi connectivity index (χ0n) is 14.2. The number of aliphatic imine (C=N–C) groups is 1. The van der Waals surface area contributed by atoms with Gasteiger partial charge in [-0.25, -0.2) is 0 Å². The average Bonchev–Trinajstić information content (AvgIpc) is 2.45. The van der Waals surface area contributed by atoms with Crippen LogP contribution in [0.25, 0.3) is 0 Å². The summed E-state index contributed by atoms with van der Waals surface area (Å²) in [6.07, 6.45) is 5.54. The highest BCUT2D eigenvalue weighted by atomic mass is 15.3. The Bertz CT molecular complexity index is 282. The molecule has 0 heterocycles. The van der Waals surface area contributed by atoms with Gasteiger partial charge in [0.2, 0.25) is 0 Å². The Hall–Kier alpha value is -0.770. The van der Waals surface area contributed by atoms with E-state index in [1.54, 1.807) is 0 Å². The number of nitrogens with zero attached hydrogens (tertiary/aromatic N) is 3. The van der Waals surface area contributed by atoms with Crippen LogP contribution in [0.15, 0.2) is 4.99 Å². The van der Waals surface area contributed by atoms with E-state index in [9.17, 15) is 0 Å². The molecule has 1 saturated carbocycles. The van der Waals surface area contributed by atoms with E-state index in [4.69, 9.17) is 0 Å². The molecule has 0 spiro atoms. The Morgan fingerprint density at radius 2 is 1.85 bits per heavy atom. The molecule has 0 radical (unpaired) electrons. The first kappa shape index (κ1) is 17.3. The van der Waals surface area contributed by atoms with Gasteiger partial charge in [-0.15, -0.1) is 0 Å². The van der Waals surface area contributed by atoms with Crippen molar-refractivity contribution in [3.63, 3.8) is 0 Å². The average molecular weight is 282 g/mol. The molecule has 1 N–H and O–H groups in total. The van der Waals surface area contributed by atoms with Gasteiger partial charge >= 0.3 is 0 Å². The largest absolute Gasteiger partial charge is 0.355 e. The van der Waals surface area contributed by atoms with Gasteiger partial charge in [0.1, 0.15) is 0 Å². The second-order valence-corrected chi connectivity index (χ2v) is 6.38. The smallest absolute Gasteiger partial charge is 0.193 e. The summed E-state index contributed by atoms with van der Waals surface area (Å²) in [7, 11) is 6.19. The normalized spacial score (nSPS) is 24.0. The zero-order valence-corrected chi connectivity index (χ0v) is 14.2. The van der Waals surface area contributed by atoms with E-state index in [1.807, 2.05) is 7.05 Å². The molecule has 0 aromatic carbocycles. The molecule has 4 nitrogen and oxygen atoms in total. The van der Waals surface area contributed by atoms with Crippen LogP contribution in [0.3, 0.4) is 0 Å². The van der Waals surface area contributed by atoms with Crippen molar-refractivity contribution in [1.29, 1.82) is 0 Å². The molecule has 0 atom stereocenters. The summed E-state index contributed by atoms with van der Waals surface area (Å²) in [5, 5.41) is 3.47. The van der Waals surface area contributed by atoms with Crippen molar-refractivity contribution >= 4 is 5.96 Å². The third-order valence-electron chi connectivity index (χ3n) is 4.56. The number of likely N-dealkylation sites (N-methyl/N-ethyl adjacent to an activating group) is 1. The van der Waals surface area contributed by atoms with Crippen molar-refractivity contribution in [3.8, 4) is 0 Å². The van der Waals surface area contributed by atoms with Crippen LogP contribution in [0.2, 0.25) is 0 Å². The van der Waals surface area contributed by atoms with Gasteiger partial charge in [0.15, 0.2) is 5.96 Å². The summed E-state index contributed by atoms with van der Waals surface area (Å²) in [5.41, 5.74) is 0. The number of hydrogen-bond acceptors (Lipinski definition) is 2. The fraction of sp³-hybridized carbons (Fsp3) is 0.938. The van der Waals surface area contributed by atoms with Crippen LogP contribution in [-0.4, -0.2) is 63.1 Å². The number of nitrogens with one attached hydrogen (secondary N) is 1. The minimum absolute atomic E-state index is 0.841. The van der Waals surface area contributed by atoms with Crippen molar-refractivity contribution < 1.29 is 0 Å². The third kappa shape index (κ3) is 6.12. The predicted octanol–water partition coefficient (Wildman–Crippen LogP) is 2.27. The van der Waals surface area contributed by atoms with Crippen LogP contribution in [0.1, 0.15) is 39.5 Å². The highest BCUT2D eigenvalue weighted by Crippen LogP contribution is 2.28. The van der Waals surface area contributed by atoms with Crippen molar-refractivity contribution in [2.75, 3.05) is 47.3 Å². The van der Waals surface area contributed by atoms with E-state index < -0.39 is 0 Å². The first-order valence-corrected chi connectivity index (χ1v) is 8.17. The van der Waals surface area contributed by atoms with E-state index in [2.05, 4.69) is 48.1 Å². The van der Waals surface area contributed by atoms with Crippen molar-refractivity contribution in [2.24, 2.45) is 16.8 Å². The second kappa shape index (κ2) is 9.22. The van der Waals surface area contributed by atoms with Gasteiger partial charge < -0.3 is 15.1 Å². The predicted molar refractivity (Wildman–Crippen MR) is 88.3 cm³/mol. The quantitative estimate of drug-likeness (QED) is 0.599. The Kier molecular flexibility index (Phi) is 7.97. The molecule has 118 valence electrons. The van der Waals surface area contributed by atoms with Gasteiger partial charge in [-0.1, -0.05) is 26.7 Å². The summed E-state index contributed by atoms with van der Waals surface area (Å²) < 4.78 is 0. The van der Waals surface area contributed by atoms with Crippen molar-refractivity contribution in [3.05, 3.63) is 0 Å². The minimum atomic E-state index is 0.841. The summed E-state index contributed by atoms with van der Waals surface area (Å²) in [5.74, 6) is 2.81. The molecular formula is C16H34N4. The van der Waals surface area contributed by atoms with Crippen LogP contribution in [0.5, 0.6) is 0 Å². The van der Waals surface area contributed by atoms with Crippen LogP contribution in [-0.2, 0) is 0 Å². The molecule has 1 aliphatic rings. The first-order valence-electron chi connectivity index (χ1n) is 8.17. The molecular weight excluding hydrogens is 248 g/mol. The van der Waals surface area contributed by atoms with E-state index in [1.165, 1.54) is 25.7 Å². The standard InChI is InChI=1S/C16H34N4/c1-6-19(4)12-11-18-16(17-3)20(5)13-15-9-7-14(2)8-10-15/h14-15H,6-13H2,1-5H3,(H,17,18). The van der Waals surface area contributed by atoms with Crippen molar-refractivity contribution in [2.45, 2.75) is 39.5 Å². The Labute approximate surface area is 125 Å². The summed E-state index contributed by atoms with van der Waals surface area (Å²) in [6, 6.07) is 0. The third-order valence-corrected chi connectivity index (χ3v) is 4.56. The second-order valence-electron chi connectivity index (χ2n) is 6.38. The monoisotopic (exact) mass is 282 g/mol. The lowest BCUT2D eigenvalue weighted by Gasteiger charge is -2.31. The summed E-state index contributed by atoms with van der Waals surface area (Å²) >= 11 is 0. The summed E-state index contributed by atoms with van der Waals surface area (Å²) in [4.78, 5) is 9.01. The molecule has 0 aliphatic heterocycles. The van der Waals surface area contributed by atoms with Crippen molar-refractivity contribution in [1.82, 2.24) is 15.1 Å². The van der Waals surface area contributed by atoms with E-state index in [-0.39, 0.29) is 0 Å². The lowest BCUT2D eigenvalue weighted by molar-refractivity contribution is 0.249.